The van der Waals surface area contributed by atoms with Gasteiger partial charge in [-0.25, -0.2) is 9.78 Å². The predicted molar refractivity (Wildman–Crippen MR) is 94.2 cm³/mol. The second-order valence-electron chi connectivity index (χ2n) is 5.22. The van der Waals surface area contributed by atoms with E-state index in [1.807, 2.05) is 24.3 Å². The molecule has 0 spiro atoms. The number of nitrogens with zero attached hydrogens (tertiary/aromatic N) is 2. The number of rotatable bonds is 4. The molecular formula is C16H14Cl2N2O2S. The number of hydrogen-bond acceptors (Lipinski definition) is 3. The van der Waals surface area contributed by atoms with Crippen LogP contribution < -0.4 is 0 Å². The minimum absolute atomic E-state index is 0.353. The number of carbonyl (C=O) groups is 1. The van der Waals surface area contributed by atoms with Gasteiger partial charge in [-0.2, -0.15) is 0 Å². The maximum Gasteiger partial charge on any atom is 0.347 e. The number of thiazole rings is 1. The van der Waals surface area contributed by atoms with Crippen LogP contribution in [0.1, 0.15) is 34.4 Å². The van der Waals surface area contributed by atoms with Crippen LogP contribution in [0.3, 0.4) is 0 Å². The van der Waals surface area contributed by atoms with Crippen molar-refractivity contribution in [2.24, 2.45) is 0 Å². The number of halogens is 2. The van der Waals surface area contributed by atoms with Gasteiger partial charge in [0.2, 0.25) is 0 Å². The summed E-state index contributed by atoms with van der Waals surface area (Å²) < 4.78 is 1.93. The molecule has 0 aliphatic carbocycles. The minimum atomic E-state index is -0.908. The summed E-state index contributed by atoms with van der Waals surface area (Å²) in [6.07, 6.45) is 1.55. The summed E-state index contributed by atoms with van der Waals surface area (Å²) in [5.41, 5.74) is 3.23. The van der Waals surface area contributed by atoms with E-state index in [1.165, 1.54) is 11.3 Å². The molecule has 23 heavy (non-hydrogen) atoms. The van der Waals surface area contributed by atoms with Crippen LogP contribution in [-0.4, -0.2) is 20.5 Å². The second kappa shape index (κ2) is 6.15. The fraction of sp³-hybridized carbons (Fsp3) is 0.250. The van der Waals surface area contributed by atoms with E-state index in [4.69, 9.17) is 23.2 Å². The minimum Gasteiger partial charge on any atom is -0.477 e. The number of hydrogen-bond donors (Lipinski definition) is 1. The maximum absolute atomic E-state index is 11.5. The van der Waals surface area contributed by atoms with E-state index in [0.29, 0.717) is 26.3 Å². The van der Waals surface area contributed by atoms with Gasteiger partial charge < -0.3 is 5.11 Å². The Bertz CT molecular complexity index is 915. The highest BCUT2D eigenvalue weighted by molar-refractivity contribution is 7.19. The van der Waals surface area contributed by atoms with E-state index in [-0.39, 0.29) is 0 Å². The Morgan fingerprint density at radius 1 is 1.39 bits per heavy atom. The molecule has 3 aromatic rings. The van der Waals surface area contributed by atoms with Crippen molar-refractivity contribution in [2.75, 3.05) is 0 Å². The topological polar surface area (TPSA) is 54.6 Å². The summed E-state index contributed by atoms with van der Waals surface area (Å²) in [4.78, 5) is 17.1. The summed E-state index contributed by atoms with van der Waals surface area (Å²) >= 11 is 13.4. The predicted octanol–water partition coefficient (Wildman–Crippen LogP) is 5.33. The SMILES string of the molecule is CCCc1c(C(=O)O)sc2nc(-c3ccc(Cl)cc3Cl)c(C)n12. The van der Waals surface area contributed by atoms with E-state index < -0.39 is 5.97 Å². The van der Waals surface area contributed by atoms with Crippen LogP contribution in [-0.2, 0) is 6.42 Å². The number of fused-ring (bicyclic) bond motifs is 1. The zero-order valence-electron chi connectivity index (χ0n) is 12.6. The number of aromatic carboxylic acids is 1. The number of aromatic nitrogens is 2. The van der Waals surface area contributed by atoms with Crippen LogP contribution in [0.15, 0.2) is 18.2 Å². The average molecular weight is 369 g/mol. The first-order valence-electron chi connectivity index (χ1n) is 7.13. The molecule has 0 aliphatic heterocycles. The normalized spacial score (nSPS) is 11.3. The molecule has 0 fully saturated rings. The van der Waals surface area contributed by atoms with Crippen molar-refractivity contribution in [1.82, 2.24) is 9.38 Å². The van der Waals surface area contributed by atoms with Gasteiger partial charge in [0.1, 0.15) is 4.88 Å². The third-order valence-electron chi connectivity index (χ3n) is 3.67. The Labute approximate surface area is 147 Å². The summed E-state index contributed by atoms with van der Waals surface area (Å²) in [5.74, 6) is -0.908. The Morgan fingerprint density at radius 3 is 2.74 bits per heavy atom. The molecule has 0 radical (unpaired) electrons. The van der Waals surface area contributed by atoms with E-state index in [1.54, 1.807) is 12.1 Å². The highest BCUT2D eigenvalue weighted by Gasteiger charge is 2.23. The van der Waals surface area contributed by atoms with Gasteiger partial charge in [-0.15, -0.1) is 0 Å². The Morgan fingerprint density at radius 2 is 2.13 bits per heavy atom. The lowest BCUT2D eigenvalue weighted by atomic mass is 10.1. The molecule has 1 N–H and O–H groups in total. The largest absolute Gasteiger partial charge is 0.477 e. The van der Waals surface area contributed by atoms with Crippen molar-refractivity contribution in [1.29, 1.82) is 0 Å². The Balaban J connectivity index is 2.25. The maximum atomic E-state index is 11.5. The van der Waals surface area contributed by atoms with E-state index in [0.717, 1.165) is 29.1 Å². The smallest absolute Gasteiger partial charge is 0.347 e. The molecule has 0 amide bonds. The Hall–Kier alpha value is -1.56. The molecule has 120 valence electrons. The molecule has 0 bridgehead atoms. The van der Waals surface area contributed by atoms with Crippen molar-refractivity contribution < 1.29 is 9.90 Å². The van der Waals surface area contributed by atoms with Crippen LogP contribution in [0.2, 0.25) is 10.0 Å². The third-order valence-corrected chi connectivity index (χ3v) is 5.29. The molecule has 0 unspecified atom stereocenters. The molecule has 1 aromatic carbocycles. The number of imidazole rings is 1. The van der Waals surface area contributed by atoms with Gasteiger partial charge >= 0.3 is 5.97 Å². The van der Waals surface area contributed by atoms with E-state index in [9.17, 15) is 9.90 Å². The monoisotopic (exact) mass is 368 g/mol. The fourth-order valence-electron chi connectivity index (χ4n) is 2.68. The lowest BCUT2D eigenvalue weighted by Crippen LogP contribution is -2.02. The molecule has 0 atom stereocenters. The molecule has 3 rings (SSSR count). The van der Waals surface area contributed by atoms with Crippen molar-refractivity contribution >= 4 is 45.5 Å². The average Bonchev–Trinajstić information content (AvgIpc) is 2.98. The number of benzene rings is 1. The van der Waals surface area contributed by atoms with Gasteiger partial charge in [-0.3, -0.25) is 4.40 Å². The molecule has 0 saturated heterocycles. The molecule has 2 aromatic heterocycles. The zero-order valence-corrected chi connectivity index (χ0v) is 14.9. The number of carboxylic acid groups (broad SMARTS) is 1. The summed E-state index contributed by atoms with van der Waals surface area (Å²) in [5, 5.41) is 10.5. The zero-order chi connectivity index (χ0) is 16.7. The first kappa shape index (κ1) is 16.3. The molecule has 4 nitrogen and oxygen atoms in total. The van der Waals surface area contributed by atoms with Crippen LogP contribution in [0.25, 0.3) is 16.2 Å². The van der Waals surface area contributed by atoms with Crippen LogP contribution in [0.4, 0.5) is 0 Å². The molecule has 2 heterocycles. The highest BCUT2D eigenvalue weighted by atomic mass is 35.5. The molecule has 0 aliphatic rings. The molecular weight excluding hydrogens is 355 g/mol. The quantitative estimate of drug-likeness (QED) is 0.676. The molecule has 7 heteroatoms. The van der Waals surface area contributed by atoms with Gasteiger partial charge in [0.05, 0.1) is 10.7 Å². The first-order chi connectivity index (χ1) is 10.9. The number of carboxylic acids is 1. The lowest BCUT2D eigenvalue weighted by molar-refractivity contribution is 0.0700. The van der Waals surface area contributed by atoms with Crippen LogP contribution in [0, 0.1) is 6.92 Å². The molecule has 0 saturated carbocycles. The van der Waals surface area contributed by atoms with Gasteiger partial charge in [0.15, 0.2) is 4.96 Å². The van der Waals surface area contributed by atoms with Crippen LogP contribution in [0.5, 0.6) is 0 Å². The third kappa shape index (κ3) is 2.73. The summed E-state index contributed by atoms with van der Waals surface area (Å²) in [6, 6.07) is 5.29. The highest BCUT2D eigenvalue weighted by Crippen LogP contribution is 2.35. The standard InChI is InChI=1S/C16H14Cl2N2O2S/c1-3-4-12-14(15(21)22)23-16-19-13(8(2)20(12)16)10-6-5-9(17)7-11(10)18/h5-7H,3-4H2,1-2H3,(H,21,22). The second-order valence-corrected chi connectivity index (χ2v) is 7.04. The summed E-state index contributed by atoms with van der Waals surface area (Å²) in [7, 11) is 0. The van der Waals surface area contributed by atoms with E-state index in [2.05, 4.69) is 4.98 Å². The van der Waals surface area contributed by atoms with Crippen molar-refractivity contribution in [3.63, 3.8) is 0 Å². The lowest BCUT2D eigenvalue weighted by Gasteiger charge is -2.05. The van der Waals surface area contributed by atoms with E-state index >= 15 is 0 Å². The van der Waals surface area contributed by atoms with Gasteiger partial charge in [0.25, 0.3) is 0 Å². The van der Waals surface area contributed by atoms with Gasteiger partial charge in [-0.05, 0) is 31.5 Å². The van der Waals surface area contributed by atoms with Crippen molar-refractivity contribution in [3.05, 3.63) is 44.5 Å². The fourth-order valence-corrected chi connectivity index (χ4v) is 4.23. The van der Waals surface area contributed by atoms with Crippen molar-refractivity contribution in [2.45, 2.75) is 26.7 Å². The Kier molecular flexibility index (Phi) is 4.36. The van der Waals surface area contributed by atoms with Crippen LogP contribution >= 0.6 is 34.5 Å². The number of aryl methyl sites for hydroxylation is 2. The van der Waals surface area contributed by atoms with Gasteiger partial charge in [0, 0.05) is 22.0 Å². The van der Waals surface area contributed by atoms with Crippen molar-refractivity contribution in [3.8, 4) is 11.3 Å². The van der Waals surface area contributed by atoms with Gasteiger partial charge in [-0.1, -0.05) is 47.9 Å². The summed E-state index contributed by atoms with van der Waals surface area (Å²) in [6.45, 7) is 3.95. The first-order valence-corrected chi connectivity index (χ1v) is 8.70.